The Bertz CT molecular complexity index is 947. The number of ether oxygens (including phenoxy) is 1. The standard InChI is InChI=1S/C21H18ClN3O3/c22-16-4-3-5-18(14-16)28-17-9-7-15(8-10-17)21(27)24-13-11-20(26)25-19-6-1-2-12-23-19/h1-10,12,14H,11,13H2,(H,24,27)(H,23,25,26). The highest BCUT2D eigenvalue weighted by Gasteiger charge is 2.08. The maximum atomic E-state index is 12.2. The third kappa shape index (κ3) is 5.82. The smallest absolute Gasteiger partial charge is 0.251 e. The third-order valence-corrected chi connectivity index (χ3v) is 3.95. The Morgan fingerprint density at radius 3 is 2.50 bits per heavy atom. The monoisotopic (exact) mass is 395 g/mol. The minimum absolute atomic E-state index is 0.151. The van der Waals surface area contributed by atoms with E-state index in [1.165, 1.54) is 0 Å². The lowest BCUT2D eigenvalue weighted by atomic mass is 10.2. The second kappa shape index (κ2) is 9.53. The van der Waals surface area contributed by atoms with Gasteiger partial charge < -0.3 is 15.4 Å². The average Bonchev–Trinajstić information content (AvgIpc) is 2.69. The molecule has 0 aliphatic carbocycles. The molecule has 0 fully saturated rings. The van der Waals surface area contributed by atoms with Gasteiger partial charge in [0.2, 0.25) is 5.91 Å². The van der Waals surface area contributed by atoms with Crippen LogP contribution in [0.1, 0.15) is 16.8 Å². The van der Waals surface area contributed by atoms with Crippen molar-refractivity contribution in [2.24, 2.45) is 0 Å². The number of carbonyl (C=O) groups is 2. The van der Waals surface area contributed by atoms with Crippen molar-refractivity contribution in [3.05, 3.63) is 83.5 Å². The molecular formula is C21H18ClN3O3. The summed E-state index contributed by atoms with van der Waals surface area (Å²) in [6.07, 6.45) is 1.75. The molecular weight excluding hydrogens is 378 g/mol. The van der Waals surface area contributed by atoms with Gasteiger partial charge in [-0.25, -0.2) is 4.98 Å². The Morgan fingerprint density at radius 2 is 1.79 bits per heavy atom. The van der Waals surface area contributed by atoms with Gasteiger partial charge in [0.25, 0.3) is 5.91 Å². The molecule has 2 N–H and O–H groups in total. The van der Waals surface area contributed by atoms with Crippen LogP contribution in [0.4, 0.5) is 5.82 Å². The third-order valence-electron chi connectivity index (χ3n) is 3.72. The van der Waals surface area contributed by atoms with E-state index in [-0.39, 0.29) is 24.8 Å². The molecule has 0 aliphatic rings. The van der Waals surface area contributed by atoms with Crippen molar-refractivity contribution < 1.29 is 14.3 Å². The first-order valence-electron chi connectivity index (χ1n) is 8.63. The van der Waals surface area contributed by atoms with Gasteiger partial charge in [-0.1, -0.05) is 23.7 Å². The van der Waals surface area contributed by atoms with Crippen molar-refractivity contribution in [2.45, 2.75) is 6.42 Å². The number of nitrogens with one attached hydrogen (secondary N) is 2. The minimum Gasteiger partial charge on any atom is -0.457 e. The Labute approximate surface area is 167 Å². The summed E-state index contributed by atoms with van der Waals surface area (Å²) in [6, 6.07) is 19.0. The summed E-state index contributed by atoms with van der Waals surface area (Å²) < 4.78 is 5.69. The fourth-order valence-corrected chi connectivity index (χ4v) is 2.55. The summed E-state index contributed by atoms with van der Waals surface area (Å²) in [5, 5.41) is 5.96. The molecule has 0 atom stereocenters. The highest BCUT2D eigenvalue weighted by Crippen LogP contribution is 2.24. The molecule has 7 heteroatoms. The van der Waals surface area contributed by atoms with E-state index >= 15 is 0 Å². The first kappa shape index (κ1) is 19.4. The van der Waals surface area contributed by atoms with Crippen LogP contribution in [0.2, 0.25) is 5.02 Å². The van der Waals surface area contributed by atoms with Crippen LogP contribution >= 0.6 is 11.6 Å². The fraction of sp³-hybridized carbons (Fsp3) is 0.0952. The zero-order valence-corrected chi connectivity index (χ0v) is 15.6. The molecule has 0 unspecified atom stereocenters. The lowest BCUT2D eigenvalue weighted by Gasteiger charge is -2.08. The van der Waals surface area contributed by atoms with Gasteiger partial charge in [-0.3, -0.25) is 9.59 Å². The Hall–Kier alpha value is -3.38. The number of carbonyl (C=O) groups excluding carboxylic acids is 2. The molecule has 1 heterocycles. The van der Waals surface area contributed by atoms with Gasteiger partial charge >= 0.3 is 0 Å². The van der Waals surface area contributed by atoms with E-state index in [9.17, 15) is 9.59 Å². The largest absolute Gasteiger partial charge is 0.457 e. The lowest BCUT2D eigenvalue weighted by Crippen LogP contribution is -2.27. The highest BCUT2D eigenvalue weighted by atomic mass is 35.5. The quantitative estimate of drug-likeness (QED) is 0.625. The number of rotatable bonds is 7. The number of halogens is 1. The Kier molecular flexibility index (Phi) is 6.59. The summed E-state index contributed by atoms with van der Waals surface area (Å²) in [7, 11) is 0. The molecule has 0 radical (unpaired) electrons. The number of anilines is 1. The van der Waals surface area contributed by atoms with E-state index in [4.69, 9.17) is 16.3 Å². The minimum atomic E-state index is -0.264. The summed E-state index contributed by atoms with van der Waals surface area (Å²) in [4.78, 5) is 28.0. The lowest BCUT2D eigenvalue weighted by molar-refractivity contribution is -0.116. The number of aromatic nitrogens is 1. The molecule has 3 rings (SSSR count). The molecule has 0 spiro atoms. The number of benzene rings is 2. The fourth-order valence-electron chi connectivity index (χ4n) is 2.37. The van der Waals surface area contributed by atoms with Crippen LogP contribution in [0.3, 0.4) is 0 Å². The van der Waals surface area contributed by atoms with Crippen molar-refractivity contribution in [1.29, 1.82) is 0 Å². The van der Waals surface area contributed by atoms with E-state index in [1.54, 1.807) is 72.9 Å². The van der Waals surface area contributed by atoms with Crippen LogP contribution in [-0.2, 0) is 4.79 Å². The molecule has 2 amide bonds. The van der Waals surface area contributed by atoms with Gasteiger partial charge in [-0.05, 0) is 54.6 Å². The molecule has 2 aromatic carbocycles. The van der Waals surface area contributed by atoms with Crippen molar-refractivity contribution in [1.82, 2.24) is 10.3 Å². The summed E-state index contributed by atoms with van der Waals surface area (Å²) >= 11 is 5.93. The zero-order valence-electron chi connectivity index (χ0n) is 14.9. The highest BCUT2D eigenvalue weighted by molar-refractivity contribution is 6.30. The molecule has 0 bridgehead atoms. The van der Waals surface area contributed by atoms with Crippen LogP contribution in [-0.4, -0.2) is 23.3 Å². The van der Waals surface area contributed by atoms with Crippen LogP contribution < -0.4 is 15.4 Å². The summed E-state index contributed by atoms with van der Waals surface area (Å²) in [5.74, 6) is 1.20. The number of amides is 2. The van der Waals surface area contributed by atoms with Gasteiger partial charge in [-0.15, -0.1) is 0 Å². The normalized spacial score (nSPS) is 10.2. The zero-order chi connectivity index (χ0) is 19.8. The van der Waals surface area contributed by atoms with Gasteiger partial charge in [0.1, 0.15) is 17.3 Å². The SMILES string of the molecule is O=C(CCNC(=O)c1ccc(Oc2cccc(Cl)c2)cc1)Nc1ccccn1. The van der Waals surface area contributed by atoms with Crippen molar-refractivity contribution in [2.75, 3.05) is 11.9 Å². The van der Waals surface area contributed by atoms with Crippen molar-refractivity contribution in [3.8, 4) is 11.5 Å². The van der Waals surface area contributed by atoms with E-state index in [1.807, 2.05) is 0 Å². The predicted octanol–water partition coefficient (Wildman–Crippen LogP) is 4.29. The van der Waals surface area contributed by atoms with Gasteiger partial charge in [-0.2, -0.15) is 0 Å². The predicted molar refractivity (Wildman–Crippen MR) is 108 cm³/mol. The first-order valence-corrected chi connectivity index (χ1v) is 9.00. The van der Waals surface area contributed by atoms with E-state index < -0.39 is 0 Å². The molecule has 142 valence electrons. The Morgan fingerprint density at radius 1 is 0.964 bits per heavy atom. The maximum Gasteiger partial charge on any atom is 0.251 e. The van der Waals surface area contributed by atoms with Crippen LogP contribution in [0.5, 0.6) is 11.5 Å². The van der Waals surface area contributed by atoms with Crippen LogP contribution in [0.25, 0.3) is 0 Å². The number of hydrogen-bond donors (Lipinski definition) is 2. The molecule has 28 heavy (non-hydrogen) atoms. The Balaban J connectivity index is 1.46. The average molecular weight is 396 g/mol. The van der Waals surface area contributed by atoms with E-state index in [2.05, 4.69) is 15.6 Å². The van der Waals surface area contributed by atoms with E-state index in [0.29, 0.717) is 27.9 Å². The van der Waals surface area contributed by atoms with Crippen LogP contribution in [0.15, 0.2) is 72.9 Å². The van der Waals surface area contributed by atoms with Gasteiger partial charge in [0, 0.05) is 29.7 Å². The molecule has 0 saturated heterocycles. The molecule has 1 aromatic heterocycles. The first-order chi connectivity index (χ1) is 13.6. The van der Waals surface area contributed by atoms with E-state index in [0.717, 1.165) is 0 Å². The number of nitrogens with zero attached hydrogens (tertiary/aromatic N) is 1. The molecule has 0 saturated carbocycles. The van der Waals surface area contributed by atoms with Gasteiger partial charge in [0.15, 0.2) is 0 Å². The summed E-state index contributed by atoms with van der Waals surface area (Å²) in [6.45, 7) is 0.221. The maximum absolute atomic E-state index is 12.2. The topological polar surface area (TPSA) is 80.3 Å². The van der Waals surface area contributed by atoms with Crippen LogP contribution in [0, 0.1) is 0 Å². The summed E-state index contributed by atoms with van der Waals surface area (Å²) in [5.41, 5.74) is 0.476. The van der Waals surface area contributed by atoms with Crippen molar-refractivity contribution >= 4 is 29.2 Å². The van der Waals surface area contributed by atoms with Crippen molar-refractivity contribution in [3.63, 3.8) is 0 Å². The molecule has 3 aromatic rings. The van der Waals surface area contributed by atoms with Gasteiger partial charge in [0.05, 0.1) is 0 Å². The molecule has 6 nitrogen and oxygen atoms in total. The molecule has 0 aliphatic heterocycles. The number of pyridine rings is 1. The number of hydrogen-bond acceptors (Lipinski definition) is 4. The second-order valence-electron chi connectivity index (χ2n) is 5.85. The second-order valence-corrected chi connectivity index (χ2v) is 6.29.